The van der Waals surface area contributed by atoms with Crippen LogP contribution in [0.3, 0.4) is 0 Å². The van der Waals surface area contributed by atoms with Crippen LogP contribution < -0.4 is 10.3 Å². The molecule has 9 heteroatoms. The maximum atomic E-state index is 13.1. The predicted molar refractivity (Wildman–Crippen MR) is 112 cm³/mol. The molecule has 4 rings (SSSR count). The van der Waals surface area contributed by atoms with Crippen molar-refractivity contribution in [1.82, 2.24) is 19.5 Å². The van der Waals surface area contributed by atoms with Crippen molar-refractivity contribution in [2.45, 2.75) is 31.7 Å². The van der Waals surface area contributed by atoms with E-state index in [0.717, 1.165) is 16.2 Å². The summed E-state index contributed by atoms with van der Waals surface area (Å²) in [7, 11) is 0. The number of nitrogens with zero attached hydrogens (tertiary/aromatic N) is 4. The molecule has 3 aromatic rings. The van der Waals surface area contributed by atoms with Gasteiger partial charge in [0.1, 0.15) is 11.3 Å². The van der Waals surface area contributed by atoms with Gasteiger partial charge in [0.2, 0.25) is 0 Å². The second-order valence-corrected chi connectivity index (χ2v) is 8.56. The largest absolute Gasteiger partial charge is 0.505 e. The zero-order chi connectivity index (χ0) is 19.7. The third-order valence-corrected chi connectivity index (χ3v) is 6.00. The molecule has 0 bridgehead atoms. The highest BCUT2D eigenvalue weighted by molar-refractivity contribution is 7.98. The summed E-state index contributed by atoms with van der Waals surface area (Å²) in [5.74, 6) is 0.596. The van der Waals surface area contributed by atoms with E-state index in [-0.39, 0.29) is 16.9 Å². The first-order valence-electron chi connectivity index (χ1n) is 8.88. The van der Waals surface area contributed by atoms with E-state index in [2.05, 4.69) is 33.6 Å². The van der Waals surface area contributed by atoms with Gasteiger partial charge in [-0.2, -0.15) is 5.10 Å². The van der Waals surface area contributed by atoms with Crippen LogP contribution in [0.1, 0.15) is 25.8 Å². The summed E-state index contributed by atoms with van der Waals surface area (Å²) in [5, 5.41) is 17.3. The molecule has 144 valence electrons. The predicted octanol–water partition coefficient (Wildman–Crippen LogP) is 3.81. The summed E-state index contributed by atoms with van der Waals surface area (Å²) in [6, 6.07) is 5.54. The molecule has 0 spiro atoms. The summed E-state index contributed by atoms with van der Waals surface area (Å²) in [4.78, 5) is 23.4. The van der Waals surface area contributed by atoms with Crippen LogP contribution in [-0.4, -0.2) is 25.7 Å². The summed E-state index contributed by atoms with van der Waals surface area (Å²) >= 11 is 2.78. The second kappa shape index (κ2) is 7.76. The summed E-state index contributed by atoms with van der Waals surface area (Å²) in [5.41, 5.74) is 0.874. The van der Waals surface area contributed by atoms with E-state index in [1.807, 2.05) is 17.5 Å². The highest BCUT2D eigenvalue weighted by atomic mass is 32.2. The average Bonchev–Trinajstić information content (AvgIpc) is 3.22. The number of pyridine rings is 1. The zero-order valence-electron chi connectivity index (χ0n) is 15.4. The molecule has 0 atom stereocenters. The molecule has 4 heterocycles. The van der Waals surface area contributed by atoms with Crippen molar-refractivity contribution in [3.8, 4) is 16.3 Å². The molecular formula is C19H19N5O2S2. The lowest BCUT2D eigenvalue weighted by atomic mass is 10.1. The third-order valence-electron chi connectivity index (χ3n) is 4.29. The lowest BCUT2D eigenvalue weighted by Crippen LogP contribution is -2.34. The number of rotatable bonds is 5. The number of aryl methyl sites for hydroxylation is 1. The van der Waals surface area contributed by atoms with E-state index < -0.39 is 0 Å². The molecule has 0 unspecified atom stereocenters. The molecule has 3 aromatic heterocycles. The van der Waals surface area contributed by atoms with Gasteiger partial charge in [-0.25, -0.2) is 9.67 Å². The smallest absolute Gasteiger partial charge is 0.281 e. The fourth-order valence-corrected chi connectivity index (χ4v) is 4.18. The van der Waals surface area contributed by atoms with Gasteiger partial charge in [0.15, 0.2) is 11.6 Å². The molecule has 0 aromatic carbocycles. The van der Waals surface area contributed by atoms with E-state index >= 15 is 0 Å². The monoisotopic (exact) mass is 413 g/mol. The van der Waals surface area contributed by atoms with E-state index in [0.29, 0.717) is 29.7 Å². The van der Waals surface area contributed by atoms with Gasteiger partial charge >= 0.3 is 0 Å². The molecule has 0 fully saturated rings. The third kappa shape index (κ3) is 3.55. The van der Waals surface area contributed by atoms with Crippen molar-refractivity contribution < 1.29 is 5.11 Å². The Morgan fingerprint density at radius 2 is 2.18 bits per heavy atom. The minimum atomic E-state index is -0.359. The Bertz CT molecular complexity index is 1090. The van der Waals surface area contributed by atoms with Crippen LogP contribution in [0.5, 0.6) is 5.75 Å². The van der Waals surface area contributed by atoms with Gasteiger partial charge in [-0.05, 0) is 41.8 Å². The number of aromatic hydroxyl groups is 1. The Kier molecular flexibility index (Phi) is 5.19. The first-order valence-corrected chi connectivity index (χ1v) is 10.6. The van der Waals surface area contributed by atoms with Crippen molar-refractivity contribution in [2.75, 3.05) is 0 Å². The van der Waals surface area contributed by atoms with Crippen LogP contribution in [0.4, 0.5) is 5.69 Å². The molecule has 0 saturated carbocycles. The topological polar surface area (TPSA) is 92.4 Å². The van der Waals surface area contributed by atoms with E-state index in [1.165, 1.54) is 28.0 Å². The average molecular weight is 414 g/mol. The number of aromatic nitrogens is 3. The molecule has 2 N–H and O–H groups in total. The van der Waals surface area contributed by atoms with E-state index in [1.54, 1.807) is 18.5 Å². The van der Waals surface area contributed by atoms with Crippen LogP contribution in [0.25, 0.3) is 10.6 Å². The van der Waals surface area contributed by atoms with Gasteiger partial charge in [-0.15, -0.1) is 11.3 Å². The Morgan fingerprint density at radius 1 is 1.32 bits per heavy atom. The SMILES string of the molecule is CC(C)CCn1nc(-c2cccs2)c(O)c(C2=Nc3ccncc3SN2)c1=O. The number of aliphatic imine (C=N–C) groups is 1. The zero-order valence-corrected chi connectivity index (χ0v) is 17.0. The molecule has 7 nitrogen and oxygen atoms in total. The van der Waals surface area contributed by atoms with Crippen molar-refractivity contribution in [1.29, 1.82) is 0 Å². The normalized spacial score (nSPS) is 13.2. The van der Waals surface area contributed by atoms with Crippen LogP contribution in [0.2, 0.25) is 0 Å². The molecule has 28 heavy (non-hydrogen) atoms. The number of hydrogen-bond acceptors (Lipinski definition) is 8. The summed E-state index contributed by atoms with van der Waals surface area (Å²) < 4.78 is 4.50. The van der Waals surface area contributed by atoms with Gasteiger partial charge in [-0.3, -0.25) is 9.78 Å². The van der Waals surface area contributed by atoms with Crippen LogP contribution in [-0.2, 0) is 6.54 Å². The van der Waals surface area contributed by atoms with Gasteiger partial charge in [-0.1, -0.05) is 19.9 Å². The Labute approximate surface area is 170 Å². The number of hydrogen-bond donors (Lipinski definition) is 2. The molecular weight excluding hydrogens is 394 g/mol. The number of thiophene rings is 1. The molecule has 1 aliphatic rings. The molecule has 0 aliphatic carbocycles. The number of fused-ring (bicyclic) bond motifs is 1. The maximum absolute atomic E-state index is 13.1. The number of amidine groups is 1. The fraction of sp³-hybridized carbons (Fsp3) is 0.263. The summed E-state index contributed by atoms with van der Waals surface area (Å²) in [6.45, 7) is 4.67. The molecule has 0 saturated heterocycles. The minimum Gasteiger partial charge on any atom is -0.505 e. The fourth-order valence-electron chi connectivity index (χ4n) is 2.78. The van der Waals surface area contributed by atoms with Crippen molar-refractivity contribution in [3.05, 3.63) is 51.9 Å². The lowest BCUT2D eigenvalue weighted by molar-refractivity contribution is 0.444. The first kappa shape index (κ1) is 18.7. The van der Waals surface area contributed by atoms with Gasteiger partial charge in [0.05, 0.1) is 15.5 Å². The van der Waals surface area contributed by atoms with Crippen molar-refractivity contribution in [3.63, 3.8) is 0 Å². The second-order valence-electron chi connectivity index (χ2n) is 6.77. The Balaban J connectivity index is 1.89. The number of nitrogens with one attached hydrogen (secondary N) is 1. The Morgan fingerprint density at radius 3 is 2.93 bits per heavy atom. The van der Waals surface area contributed by atoms with Crippen LogP contribution in [0.15, 0.2) is 50.7 Å². The molecule has 1 aliphatic heterocycles. The standard InChI is InChI=1S/C19H19N5O2S2/c1-11(2)6-8-24-19(26)15(17(25)16(22-24)13-4-3-9-27-13)18-21-12-5-7-20-10-14(12)28-23-18/h3-5,7,9-11,25H,6,8H2,1-2H3,(H,21,23). The molecule has 0 radical (unpaired) electrons. The van der Waals surface area contributed by atoms with Gasteiger partial charge in [0.25, 0.3) is 5.56 Å². The van der Waals surface area contributed by atoms with Crippen molar-refractivity contribution >= 4 is 34.8 Å². The van der Waals surface area contributed by atoms with Crippen LogP contribution in [0, 0.1) is 5.92 Å². The summed E-state index contributed by atoms with van der Waals surface area (Å²) in [6.07, 6.45) is 4.16. The van der Waals surface area contributed by atoms with E-state index in [4.69, 9.17) is 0 Å². The Hall–Kier alpha value is -2.65. The lowest BCUT2D eigenvalue weighted by Gasteiger charge is -2.18. The maximum Gasteiger partial charge on any atom is 0.281 e. The van der Waals surface area contributed by atoms with Crippen LogP contribution >= 0.6 is 23.3 Å². The van der Waals surface area contributed by atoms with Crippen molar-refractivity contribution in [2.24, 2.45) is 10.9 Å². The van der Waals surface area contributed by atoms with Gasteiger partial charge in [0, 0.05) is 18.9 Å². The molecule has 0 amide bonds. The highest BCUT2D eigenvalue weighted by Gasteiger charge is 2.25. The van der Waals surface area contributed by atoms with Gasteiger partial charge < -0.3 is 9.83 Å². The first-order chi connectivity index (χ1) is 13.5. The minimum absolute atomic E-state index is 0.136. The highest BCUT2D eigenvalue weighted by Crippen LogP contribution is 2.35. The van der Waals surface area contributed by atoms with E-state index in [9.17, 15) is 9.90 Å². The quantitative estimate of drug-likeness (QED) is 0.618.